The van der Waals surface area contributed by atoms with Gasteiger partial charge in [0.25, 0.3) is 5.91 Å². The summed E-state index contributed by atoms with van der Waals surface area (Å²) in [6.07, 6.45) is -1.61. The quantitative estimate of drug-likeness (QED) is 0.291. The zero-order chi connectivity index (χ0) is 23.1. The Kier molecular flexibility index (Phi) is 7.27. The second-order valence-electron chi connectivity index (χ2n) is 6.06. The van der Waals surface area contributed by atoms with Crippen LogP contribution in [0.1, 0.15) is 10.4 Å². The Morgan fingerprint density at radius 3 is 2.72 bits per heavy atom. The van der Waals surface area contributed by atoms with Crippen LogP contribution in [0.15, 0.2) is 47.9 Å². The van der Waals surface area contributed by atoms with E-state index in [0.29, 0.717) is 0 Å². The number of nitrogens with zero attached hydrogens (tertiary/aromatic N) is 4. The zero-order valence-electron chi connectivity index (χ0n) is 16.0. The van der Waals surface area contributed by atoms with Gasteiger partial charge in [-0.2, -0.15) is 18.0 Å². The summed E-state index contributed by atoms with van der Waals surface area (Å²) in [6, 6.07) is 8.11. The highest BCUT2D eigenvalue weighted by Crippen LogP contribution is 2.31. The highest BCUT2D eigenvalue weighted by molar-refractivity contribution is 7.80. The van der Waals surface area contributed by atoms with Gasteiger partial charge < -0.3 is 0 Å². The van der Waals surface area contributed by atoms with Gasteiger partial charge in [-0.05, 0) is 47.1 Å². The van der Waals surface area contributed by atoms with Crippen molar-refractivity contribution in [3.05, 3.63) is 58.3 Å². The third-order valence-electron chi connectivity index (χ3n) is 3.68. The molecule has 0 saturated carbocycles. The van der Waals surface area contributed by atoms with Crippen LogP contribution in [0, 0.1) is 0 Å². The summed E-state index contributed by atoms with van der Waals surface area (Å²) in [6.45, 7) is -0.395. The number of tetrazole rings is 1. The number of hydrogen-bond acceptors (Lipinski definition) is 7. The maximum absolute atomic E-state index is 12.8. The summed E-state index contributed by atoms with van der Waals surface area (Å²) in [4.78, 5) is 25.5. The van der Waals surface area contributed by atoms with Gasteiger partial charge in [-0.25, -0.2) is 0 Å². The lowest BCUT2D eigenvalue weighted by Gasteiger charge is -2.09. The first-order chi connectivity index (χ1) is 15.2. The number of nitrogens with one attached hydrogen (secondary N) is 3. The first kappa shape index (κ1) is 23.0. The molecule has 0 aliphatic heterocycles. The largest absolute Gasteiger partial charge is 0.416 e. The van der Waals surface area contributed by atoms with Crippen LogP contribution in [-0.4, -0.2) is 37.1 Å². The molecule has 0 radical (unpaired) electrons. The van der Waals surface area contributed by atoms with Crippen molar-refractivity contribution < 1.29 is 22.8 Å². The number of thiophene rings is 1. The van der Waals surface area contributed by atoms with Gasteiger partial charge in [0.2, 0.25) is 11.7 Å². The summed E-state index contributed by atoms with van der Waals surface area (Å²) in [5.41, 5.74) is 3.83. The van der Waals surface area contributed by atoms with E-state index in [1.165, 1.54) is 29.5 Å². The number of amides is 2. The minimum Gasteiger partial charge on any atom is -0.298 e. The summed E-state index contributed by atoms with van der Waals surface area (Å²) in [5, 5.41) is 15.3. The first-order valence-corrected chi connectivity index (χ1v) is 10.1. The molecular weight excluding hydrogens is 467 g/mol. The third-order valence-corrected chi connectivity index (χ3v) is 4.72. The average molecular weight is 481 g/mol. The van der Waals surface area contributed by atoms with Crippen LogP contribution in [-0.2, 0) is 22.3 Å². The first-order valence-electron chi connectivity index (χ1n) is 8.77. The number of carbonyl (C=O) groups excluding carboxylic acids is 2. The Labute approximate surface area is 188 Å². The van der Waals surface area contributed by atoms with Crippen molar-refractivity contribution in [1.29, 1.82) is 0 Å². The number of aromatic nitrogens is 4. The number of halogens is 3. The lowest BCUT2D eigenvalue weighted by molar-refractivity contribution is -0.137. The molecule has 166 valence electrons. The van der Waals surface area contributed by atoms with Gasteiger partial charge in [0.1, 0.15) is 6.54 Å². The molecule has 2 heterocycles. The molecule has 0 aliphatic rings. The van der Waals surface area contributed by atoms with Crippen molar-refractivity contribution in [2.75, 3.05) is 0 Å². The van der Waals surface area contributed by atoms with Gasteiger partial charge in [-0.15, -0.1) is 21.5 Å². The van der Waals surface area contributed by atoms with E-state index in [2.05, 4.69) is 31.6 Å². The molecule has 1 aromatic carbocycles. The molecule has 32 heavy (non-hydrogen) atoms. The van der Waals surface area contributed by atoms with Crippen molar-refractivity contribution >= 4 is 46.6 Å². The van der Waals surface area contributed by atoms with Gasteiger partial charge in [-0.3, -0.25) is 25.8 Å². The Morgan fingerprint density at radius 1 is 1.19 bits per heavy atom. The lowest BCUT2D eigenvalue weighted by atomic mass is 10.1. The molecule has 0 saturated heterocycles. The highest BCUT2D eigenvalue weighted by atomic mass is 32.1. The van der Waals surface area contributed by atoms with Crippen LogP contribution in [0.5, 0.6) is 0 Å². The molecule has 0 fully saturated rings. The van der Waals surface area contributed by atoms with Gasteiger partial charge in [0.15, 0.2) is 5.11 Å². The average Bonchev–Trinajstić information content (AvgIpc) is 3.42. The number of benzene rings is 1. The molecule has 3 aromatic rings. The molecular formula is C18H14F3N7O2S2. The van der Waals surface area contributed by atoms with E-state index < -0.39 is 30.1 Å². The molecule has 0 bridgehead atoms. The van der Waals surface area contributed by atoms with E-state index in [1.54, 1.807) is 6.08 Å². The normalized spacial score (nSPS) is 11.3. The second-order valence-corrected chi connectivity index (χ2v) is 7.45. The molecule has 0 spiro atoms. The van der Waals surface area contributed by atoms with Crippen LogP contribution < -0.4 is 16.2 Å². The van der Waals surface area contributed by atoms with Crippen molar-refractivity contribution in [3.63, 3.8) is 0 Å². The number of thiocarbonyl (C=S) groups is 1. The highest BCUT2D eigenvalue weighted by Gasteiger charge is 2.30. The van der Waals surface area contributed by atoms with Crippen molar-refractivity contribution in [1.82, 2.24) is 36.4 Å². The van der Waals surface area contributed by atoms with Crippen molar-refractivity contribution in [2.24, 2.45) is 0 Å². The minimum atomic E-state index is -4.51. The van der Waals surface area contributed by atoms with E-state index in [9.17, 15) is 22.8 Å². The van der Waals surface area contributed by atoms with E-state index in [4.69, 9.17) is 12.2 Å². The third kappa shape index (κ3) is 6.68. The monoisotopic (exact) mass is 481 g/mol. The predicted molar refractivity (Wildman–Crippen MR) is 114 cm³/mol. The van der Waals surface area contributed by atoms with Crippen molar-refractivity contribution in [2.45, 2.75) is 12.7 Å². The molecule has 0 aliphatic carbocycles. The molecule has 14 heteroatoms. The number of hydrogen-bond donors (Lipinski definition) is 3. The fourth-order valence-electron chi connectivity index (χ4n) is 2.28. The summed E-state index contributed by atoms with van der Waals surface area (Å²) >= 11 is 6.37. The minimum absolute atomic E-state index is 0.0721. The summed E-state index contributed by atoms with van der Waals surface area (Å²) < 4.78 is 38.5. The number of hydrazine groups is 1. The Balaban J connectivity index is 1.48. The van der Waals surface area contributed by atoms with Crippen molar-refractivity contribution in [3.8, 4) is 11.4 Å². The number of rotatable bonds is 5. The van der Waals surface area contributed by atoms with Gasteiger partial charge in [-0.1, -0.05) is 18.2 Å². The lowest BCUT2D eigenvalue weighted by Crippen LogP contribution is -2.49. The maximum Gasteiger partial charge on any atom is 0.416 e. The van der Waals surface area contributed by atoms with Crippen LogP contribution >= 0.6 is 23.6 Å². The van der Waals surface area contributed by atoms with Crippen LogP contribution in [0.2, 0.25) is 0 Å². The second kappa shape index (κ2) is 10.1. The molecule has 0 atom stereocenters. The van der Waals surface area contributed by atoms with E-state index in [1.807, 2.05) is 17.5 Å². The fraction of sp³-hybridized carbons (Fsp3) is 0.111. The Bertz CT molecular complexity index is 1140. The van der Waals surface area contributed by atoms with Gasteiger partial charge in [0.05, 0.1) is 5.56 Å². The summed E-state index contributed by atoms with van der Waals surface area (Å²) in [7, 11) is 0. The maximum atomic E-state index is 12.8. The van der Waals surface area contributed by atoms with E-state index >= 15 is 0 Å². The predicted octanol–water partition coefficient (Wildman–Crippen LogP) is 2.16. The Morgan fingerprint density at radius 2 is 2.00 bits per heavy atom. The molecule has 3 N–H and O–H groups in total. The molecule has 3 rings (SSSR count). The standard InChI is InChI=1S/C18H14F3N7O2S2/c19-18(20,21)12-4-1-3-11(9-12)16-24-27-28(26-16)10-15(30)23-25-17(31)22-14(29)7-6-13-5-2-8-32-13/h1-9H,10H2,(H,23,30)(H2,22,25,29,31). The summed E-state index contributed by atoms with van der Waals surface area (Å²) in [5.74, 6) is -1.20. The van der Waals surface area contributed by atoms with Crippen LogP contribution in [0.3, 0.4) is 0 Å². The topological polar surface area (TPSA) is 114 Å². The molecule has 9 nitrogen and oxygen atoms in total. The van der Waals surface area contributed by atoms with Crippen LogP contribution in [0.25, 0.3) is 17.5 Å². The van der Waals surface area contributed by atoms with Crippen LogP contribution in [0.4, 0.5) is 13.2 Å². The van der Waals surface area contributed by atoms with Gasteiger partial charge >= 0.3 is 6.18 Å². The smallest absolute Gasteiger partial charge is 0.298 e. The molecule has 2 amide bonds. The zero-order valence-corrected chi connectivity index (χ0v) is 17.6. The van der Waals surface area contributed by atoms with Gasteiger partial charge in [0, 0.05) is 16.5 Å². The van der Waals surface area contributed by atoms with E-state index in [-0.39, 0.29) is 16.5 Å². The molecule has 0 unspecified atom stereocenters. The number of alkyl halides is 3. The number of carbonyl (C=O) groups is 2. The Hall–Kier alpha value is -3.65. The molecule has 2 aromatic heterocycles. The van der Waals surface area contributed by atoms with E-state index in [0.717, 1.165) is 21.8 Å². The SMILES string of the molecule is O=C(C=Cc1cccs1)NC(=S)NNC(=O)Cn1nnc(-c2cccc(C(F)(F)F)c2)n1. The fourth-order valence-corrected chi connectivity index (χ4v) is 3.05.